The summed E-state index contributed by atoms with van der Waals surface area (Å²) in [6.45, 7) is 2.70. The van der Waals surface area contributed by atoms with Gasteiger partial charge in [-0.25, -0.2) is 0 Å². The molecule has 4 rings (SSSR count). The summed E-state index contributed by atoms with van der Waals surface area (Å²) in [6, 6.07) is 26.2. The van der Waals surface area contributed by atoms with Gasteiger partial charge in [0.05, 0.1) is 18.3 Å². The minimum Gasteiger partial charge on any atom is -0.372 e. The van der Waals surface area contributed by atoms with E-state index >= 15 is 0 Å². The van der Waals surface area contributed by atoms with E-state index in [1.54, 1.807) is 0 Å². The lowest BCUT2D eigenvalue weighted by Gasteiger charge is -2.22. The van der Waals surface area contributed by atoms with Crippen molar-refractivity contribution >= 4 is 17.3 Å². The molecule has 3 aromatic rings. The number of ether oxygens (including phenoxy) is 1. The van der Waals surface area contributed by atoms with E-state index in [1.807, 2.05) is 85.7 Å². The monoisotopic (exact) mass is 415 g/mol. The van der Waals surface area contributed by atoms with Crippen LogP contribution in [0.3, 0.4) is 0 Å². The predicted octanol–water partition coefficient (Wildman–Crippen LogP) is 4.26. The van der Waals surface area contributed by atoms with Crippen molar-refractivity contribution in [1.82, 2.24) is 5.32 Å². The van der Waals surface area contributed by atoms with Crippen LogP contribution in [0.2, 0.25) is 0 Å². The van der Waals surface area contributed by atoms with Gasteiger partial charge in [-0.3, -0.25) is 4.79 Å². The fourth-order valence-electron chi connectivity index (χ4n) is 3.95. The molecule has 1 aliphatic heterocycles. The molecule has 3 aromatic carbocycles. The van der Waals surface area contributed by atoms with Crippen LogP contribution in [0.5, 0.6) is 0 Å². The smallest absolute Gasteiger partial charge is 0.260 e. The van der Waals surface area contributed by atoms with Crippen molar-refractivity contribution in [2.24, 2.45) is 0 Å². The molecular weight excluding hydrogens is 386 g/mol. The van der Waals surface area contributed by atoms with Crippen molar-refractivity contribution in [2.45, 2.75) is 12.7 Å². The van der Waals surface area contributed by atoms with Gasteiger partial charge in [0.25, 0.3) is 5.91 Å². The average molecular weight is 416 g/mol. The molecule has 0 bridgehead atoms. The largest absolute Gasteiger partial charge is 0.372 e. The number of benzene rings is 3. The molecule has 1 atom stereocenters. The van der Waals surface area contributed by atoms with Gasteiger partial charge in [0.2, 0.25) is 0 Å². The summed E-state index contributed by atoms with van der Waals surface area (Å²) in [5.41, 5.74) is 4.88. The molecule has 5 heteroatoms. The summed E-state index contributed by atoms with van der Waals surface area (Å²) >= 11 is 0. The van der Waals surface area contributed by atoms with Crippen LogP contribution in [0.15, 0.2) is 78.9 Å². The highest BCUT2D eigenvalue weighted by Gasteiger charge is 2.25. The number of carbonyl (C=O) groups excluding carboxylic acids is 1. The third kappa shape index (κ3) is 4.79. The number of nitrogens with one attached hydrogen (secondary N) is 1. The number of hydrogen-bond donors (Lipinski definition) is 1. The first-order valence-corrected chi connectivity index (χ1v) is 10.7. The summed E-state index contributed by atoms with van der Waals surface area (Å²) in [6.07, 6.45) is -0.00917. The first-order chi connectivity index (χ1) is 15.2. The number of likely N-dealkylation sites (N-methyl/N-ethyl adjacent to an activating group) is 2. The highest BCUT2D eigenvalue weighted by molar-refractivity contribution is 6.10. The first kappa shape index (κ1) is 21.1. The number of hydrogen-bond acceptors (Lipinski definition) is 4. The van der Waals surface area contributed by atoms with E-state index in [2.05, 4.69) is 22.3 Å². The number of anilines is 2. The Balaban J connectivity index is 1.46. The van der Waals surface area contributed by atoms with Gasteiger partial charge < -0.3 is 19.9 Å². The number of fused-ring (bicyclic) bond motifs is 1. The number of para-hydroxylation sites is 1. The lowest BCUT2D eigenvalue weighted by molar-refractivity contribution is 0.0411. The Labute approximate surface area is 184 Å². The van der Waals surface area contributed by atoms with E-state index in [-0.39, 0.29) is 12.0 Å². The zero-order valence-corrected chi connectivity index (χ0v) is 18.1. The Morgan fingerprint density at radius 2 is 1.65 bits per heavy atom. The van der Waals surface area contributed by atoms with Crippen LogP contribution >= 0.6 is 0 Å². The number of amides is 1. The average Bonchev–Trinajstić information content (AvgIpc) is 2.94. The van der Waals surface area contributed by atoms with Crippen LogP contribution in [0.4, 0.5) is 11.4 Å². The predicted molar refractivity (Wildman–Crippen MR) is 126 cm³/mol. The third-order valence-electron chi connectivity index (χ3n) is 5.71. The Kier molecular flexibility index (Phi) is 6.65. The zero-order chi connectivity index (χ0) is 21.6. The van der Waals surface area contributed by atoms with Crippen molar-refractivity contribution in [2.75, 3.05) is 43.5 Å². The molecule has 1 amide bonds. The molecule has 0 spiro atoms. The van der Waals surface area contributed by atoms with E-state index in [4.69, 9.17) is 4.74 Å². The fourth-order valence-corrected chi connectivity index (χ4v) is 3.95. The second kappa shape index (κ2) is 9.77. The van der Waals surface area contributed by atoms with Gasteiger partial charge in [-0.05, 0) is 42.4 Å². The van der Waals surface area contributed by atoms with E-state index in [9.17, 15) is 4.79 Å². The molecule has 0 aromatic heterocycles. The molecule has 31 heavy (non-hydrogen) atoms. The quantitative estimate of drug-likeness (QED) is 0.626. The molecule has 0 fully saturated rings. The topological polar surface area (TPSA) is 44.8 Å². The first-order valence-electron chi connectivity index (χ1n) is 10.7. The second-order valence-corrected chi connectivity index (χ2v) is 7.83. The molecule has 0 aliphatic carbocycles. The van der Waals surface area contributed by atoms with Crippen LogP contribution in [0, 0.1) is 0 Å². The van der Waals surface area contributed by atoms with Crippen LogP contribution < -0.4 is 15.1 Å². The number of carbonyl (C=O) groups is 1. The standard InChI is InChI=1S/C26H29N3O2/c1-27-18-25(21-8-4-3-5-9-21)31-19-20-12-14-22(15-13-20)29-17-16-28(2)24-11-7-6-10-23(24)26(29)30/h3-15,25,27H,16-19H2,1-2H3. The van der Waals surface area contributed by atoms with Gasteiger partial charge in [-0.1, -0.05) is 54.6 Å². The SMILES string of the molecule is CNCC(OCc1ccc(N2CCN(C)c3ccccc3C2=O)cc1)c1ccccc1. The van der Waals surface area contributed by atoms with Crippen LogP contribution in [-0.4, -0.2) is 39.6 Å². The maximum absolute atomic E-state index is 13.2. The van der Waals surface area contributed by atoms with Gasteiger partial charge in [0, 0.05) is 38.1 Å². The lowest BCUT2D eigenvalue weighted by Crippen LogP contribution is -2.33. The highest BCUT2D eigenvalue weighted by atomic mass is 16.5. The third-order valence-corrected chi connectivity index (χ3v) is 5.71. The Morgan fingerprint density at radius 1 is 0.935 bits per heavy atom. The van der Waals surface area contributed by atoms with Gasteiger partial charge in [0.15, 0.2) is 0 Å². The molecule has 160 valence electrons. The summed E-state index contributed by atoms with van der Waals surface area (Å²) in [7, 11) is 3.96. The van der Waals surface area contributed by atoms with Crippen molar-refractivity contribution < 1.29 is 9.53 Å². The minimum atomic E-state index is -0.00917. The van der Waals surface area contributed by atoms with Crippen molar-refractivity contribution in [1.29, 1.82) is 0 Å². The Morgan fingerprint density at radius 3 is 2.39 bits per heavy atom. The van der Waals surface area contributed by atoms with E-state index < -0.39 is 0 Å². The Bertz CT molecular complexity index is 1000. The maximum atomic E-state index is 13.2. The summed E-state index contributed by atoms with van der Waals surface area (Å²) in [5.74, 6) is 0.0436. The normalized spacial score (nSPS) is 14.8. The van der Waals surface area contributed by atoms with Gasteiger partial charge in [-0.2, -0.15) is 0 Å². The molecule has 1 aliphatic rings. The molecule has 1 heterocycles. The Hall–Kier alpha value is -3.15. The van der Waals surface area contributed by atoms with Crippen molar-refractivity contribution in [3.63, 3.8) is 0 Å². The highest BCUT2D eigenvalue weighted by Crippen LogP contribution is 2.27. The molecule has 5 nitrogen and oxygen atoms in total. The van der Waals surface area contributed by atoms with Gasteiger partial charge in [-0.15, -0.1) is 0 Å². The second-order valence-electron chi connectivity index (χ2n) is 7.83. The molecular formula is C26H29N3O2. The summed E-state index contributed by atoms with van der Waals surface area (Å²) in [4.78, 5) is 17.2. The molecule has 1 N–H and O–H groups in total. The fraction of sp³-hybridized carbons (Fsp3) is 0.269. The van der Waals surface area contributed by atoms with E-state index in [0.717, 1.165) is 41.2 Å². The van der Waals surface area contributed by atoms with Crippen LogP contribution in [0.1, 0.15) is 27.6 Å². The molecule has 0 saturated heterocycles. The lowest BCUT2D eigenvalue weighted by atomic mass is 10.1. The number of rotatable bonds is 7. The number of nitrogens with zero attached hydrogens (tertiary/aromatic N) is 2. The molecule has 0 radical (unpaired) electrons. The minimum absolute atomic E-state index is 0.00917. The van der Waals surface area contributed by atoms with Crippen LogP contribution in [0.25, 0.3) is 0 Å². The van der Waals surface area contributed by atoms with E-state index in [0.29, 0.717) is 13.2 Å². The summed E-state index contributed by atoms with van der Waals surface area (Å²) < 4.78 is 6.19. The molecule has 0 saturated carbocycles. The van der Waals surface area contributed by atoms with Gasteiger partial charge >= 0.3 is 0 Å². The summed E-state index contributed by atoms with van der Waals surface area (Å²) in [5, 5.41) is 3.20. The zero-order valence-electron chi connectivity index (χ0n) is 18.1. The van der Waals surface area contributed by atoms with Crippen LogP contribution in [-0.2, 0) is 11.3 Å². The molecule has 1 unspecified atom stereocenters. The maximum Gasteiger partial charge on any atom is 0.260 e. The van der Waals surface area contributed by atoms with Crippen molar-refractivity contribution in [3.05, 3.63) is 95.6 Å². The van der Waals surface area contributed by atoms with E-state index in [1.165, 1.54) is 0 Å². The van der Waals surface area contributed by atoms with Gasteiger partial charge in [0.1, 0.15) is 0 Å². The van der Waals surface area contributed by atoms with Crippen molar-refractivity contribution in [3.8, 4) is 0 Å².